The van der Waals surface area contributed by atoms with E-state index in [2.05, 4.69) is 0 Å². The maximum absolute atomic E-state index is 9.76. The molecule has 0 bridgehead atoms. The van der Waals surface area contributed by atoms with Crippen molar-refractivity contribution in [3.63, 3.8) is 0 Å². The molecule has 2 aromatic carbocycles. The Hall–Kier alpha value is -2.21. The molecule has 117 valence electrons. The first kappa shape index (κ1) is 17.8. The molecule has 0 aliphatic heterocycles. The number of rotatable bonds is 4. The maximum Gasteiger partial charge on any atom is 0.122 e. The summed E-state index contributed by atoms with van der Waals surface area (Å²) in [6, 6.07) is 13.6. The molecule has 0 unspecified atom stereocenters. The van der Waals surface area contributed by atoms with Crippen LogP contribution in [0.1, 0.15) is 11.1 Å². The molecule has 0 spiro atoms. The Balaban J connectivity index is 0.00000242. The molecule has 4 nitrogen and oxygen atoms in total. The average Bonchev–Trinajstić information content (AvgIpc) is 2.48. The Morgan fingerprint density at radius 2 is 1.36 bits per heavy atom. The summed E-state index contributed by atoms with van der Waals surface area (Å²) >= 11 is 0. The van der Waals surface area contributed by atoms with Gasteiger partial charge in [0.05, 0.1) is 0 Å². The van der Waals surface area contributed by atoms with Gasteiger partial charge in [-0.3, -0.25) is 0 Å². The second kappa shape index (κ2) is 8.28. The molecule has 0 aliphatic rings. The van der Waals surface area contributed by atoms with Crippen LogP contribution in [-0.4, -0.2) is 16.8 Å². The van der Waals surface area contributed by atoms with Crippen LogP contribution in [0.3, 0.4) is 0 Å². The number of para-hydroxylation sites is 2. The zero-order valence-electron chi connectivity index (χ0n) is 11.8. The van der Waals surface area contributed by atoms with Crippen molar-refractivity contribution in [1.29, 1.82) is 0 Å². The topological polar surface area (TPSA) is 90.3 Å². The molecular weight excluding hydrogens is 323 g/mol. The summed E-state index contributed by atoms with van der Waals surface area (Å²) in [5.74, 6) is 0.250. The molecule has 5 heteroatoms. The van der Waals surface area contributed by atoms with Gasteiger partial charge in [0.25, 0.3) is 0 Å². The quantitative estimate of drug-likeness (QED) is 0.744. The van der Waals surface area contributed by atoms with Crippen LogP contribution in [0, 0.1) is 0 Å². The van der Waals surface area contributed by atoms with Crippen LogP contribution >= 0.6 is 0 Å². The van der Waals surface area contributed by atoms with Crippen molar-refractivity contribution in [3.05, 3.63) is 76.7 Å². The van der Waals surface area contributed by atoms with E-state index in [0.717, 1.165) is 0 Å². The van der Waals surface area contributed by atoms with Gasteiger partial charge in [0.15, 0.2) is 0 Å². The SMILES string of the molecule is [Co].[NH-]C(=Cc1ccccc1O)C(=Cc1ccccc1O)CN. The van der Waals surface area contributed by atoms with E-state index >= 15 is 0 Å². The Bertz CT molecular complexity index is 697. The van der Waals surface area contributed by atoms with E-state index in [1.165, 1.54) is 0 Å². The second-order valence-corrected chi connectivity index (χ2v) is 4.55. The van der Waals surface area contributed by atoms with Gasteiger partial charge in [0.2, 0.25) is 0 Å². The molecule has 0 aromatic heterocycles. The second-order valence-electron chi connectivity index (χ2n) is 4.55. The first-order valence-electron chi connectivity index (χ1n) is 6.52. The third-order valence-corrected chi connectivity index (χ3v) is 3.07. The van der Waals surface area contributed by atoms with Crippen molar-refractivity contribution in [2.45, 2.75) is 0 Å². The first-order valence-corrected chi connectivity index (χ1v) is 6.52. The maximum atomic E-state index is 9.76. The van der Waals surface area contributed by atoms with E-state index in [4.69, 9.17) is 11.5 Å². The molecule has 0 aliphatic carbocycles. The van der Waals surface area contributed by atoms with Gasteiger partial charge in [-0.25, -0.2) is 0 Å². The molecule has 0 atom stereocenters. The summed E-state index contributed by atoms with van der Waals surface area (Å²) in [7, 11) is 0. The van der Waals surface area contributed by atoms with Crippen molar-refractivity contribution < 1.29 is 27.0 Å². The third kappa shape index (κ3) is 4.39. The van der Waals surface area contributed by atoms with Crippen LogP contribution in [0.5, 0.6) is 11.5 Å². The predicted molar refractivity (Wildman–Crippen MR) is 85.5 cm³/mol. The average molecular weight is 340 g/mol. The zero-order valence-corrected chi connectivity index (χ0v) is 12.8. The van der Waals surface area contributed by atoms with E-state index in [0.29, 0.717) is 16.7 Å². The van der Waals surface area contributed by atoms with E-state index in [1.54, 1.807) is 60.7 Å². The smallest absolute Gasteiger partial charge is 0.122 e. The van der Waals surface area contributed by atoms with Gasteiger partial charge < -0.3 is 21.7 Å². The molecule has 2 aromatic rings. The Labute approximate surface area is 140 Å². The van der Waals surface area contributed by atoms with Crippen molar-refractivity contribution in [1.82, 2.24) is 0 Å². The van der Waals surface area contributed by atoms with Crippen molar-refractivity contribution in [2.24, 2.45) is 5.73 Å². The minimum absolute atomic E-state index is 0. The van der Waals surface area contributed by atoms with Crippen LogP contribution in [0.25, 0.3) is 17.9 Å². The number of benzene rings is 2. The Morgan fingerprint density at radius 1 is 0.909 bits per heavy atom. The van der Waals surface area contributed by atoms with E-state index in [-0.39, 0.29) is 40.5 Å². The number of aromatic hydroxyl groups is 2. The van der Waals surface area contributed by atoms with Crippen molar-refractivity contribution in [3.8, 4) is 11.5 Å². The van der Waals surface area contributed by atoms with Gasteiger partial charge in [-0.15, -0.1) is 5.70 Å². The first-order chi connectivity index (χ1) is 10.1. The molecule has 0 fully saturated rings. The molecule has 22 heavy (non-hydrogen) atoms. The molecule has 5 N–H and O–H groups in total. The zero-order chi connectivity index (χ0) is 15.2. The largest absolute Gasteiger partial charge is 0.698 e. The van der Waals surface area contributed by atoms with Crippen molar-refractivity contribution >= 4 is 12.2 Å². The summed E-state index contributed by atoms with van der Waals surface area (Å²) in [6.07, 6.45) is 3.22. The molecular formula is C17H17CoN2O2-. The summed E-state index contributed by atoms with van der Waals surface area (Å²) in [6.45, 7) is 0.164. The van der Waals surface area contributed by atoms with Gasteiger partial charge in [-0.1, -0.05) is 42.5 Å². The van der Waals surface area contributed by atoms with Gasteiger partial charge >= 0.3 is 0 Å². The van der Waals surface area contributed by atoms with Crippen LogP contribution < -0.4 is 5.73 Å². The van der Waals surface area contributed by atoms with Crippen LogP contribution in [0.15, 0.2) is 59.8 Å². The van der Waals surface area contributed by atoms with Gasteiger partial charge in [-0.05, 0) is 23.8 Å². The summed E-state index contributed by atoms with van der Waals surface area (Å²) in [5, 5.41) is 19.5. The van der Waals surface area contributed by atoms with E-state index in [1.807, 2.05) is 0 Å². The summed E-state index contributed by atoms with van der Waals surface area (Å²) in [4.78, 5) is 0. The van der Waals surface area contributed by atoms with Gasteiger partial charge in [-0.2, -0.15) is 0 Å². The van der Waals surface area contributed by atoms with Gasteiger partial charge in [0.1, 0.15) is 11.5 Å². The number of phenols is 2. The number of nitrogens with one attached hydrogen (secondary N) is 1. The summed E-state index contributed by atoms with van der Waals surface area (Å²) in [5.41, 5.74) is 15.7. The number of nitrogens with two attached hydrogens (primary N) is 1. The summed E-state index contributed by atoms with van der Waals surface area (Å²) < 4.78 is 0. The normalized spacial score (nSPS) is 11.9. The fourth-order valence-corrected chi connectivity index (χ4v) is 1.90. The molecule has 1 radical (unpaired) electrons. The molecule has 0 heterocycles. The van der Waals surface area contributed by atoms with Crippen LogP contribution in [-0.2, 0) is 16.8 Å². The van der Waals surface area contributed by atoms with Crippen LogP contribution in [0.2, 0.25) is 0 Å². The molecule has 2 rings (SSSR count). The molecule has 0 amide bonds. The van der Waals surface area contributed by atoms with E-state index in [9.17, 15) is 10.2 Å². The van der Waals surface area contributed by atoms with Gasteiger partial charge in [0, 0.05) is 34.5 Å². The monoisotopic (exact) mass is 340 g/mol. The van der Waals surface area contributed by atoms with Crippen LogP contribution in [0.4, 0.5) is 0 Å². The minimum Gasteiger partial charge on any atom is -0.698 e. The third-order valence-electron chi connectivity index (χ3n) is 3.07. The molecule has 0 saturated carbocycles. The van der Waals surface area contributed by atoms with E-state index < -0.39 is 0 Å². The predicted octanol–water partition coefficient (Wildman–Crippen LogP) is 3.53. The minimum atomic E-state index is 0. The van der Waals surface area contributed by atoms with Crippen molar-refractivity contribution in [2.75, 3.05) is 6.54 Å². The fourth-order valence-electron chi connectivity index (χ4n) is 1.90. The number of hydrogen-bond acceptors (Lipinski definition) is 3. The Morgan fingerprint density at radius 3 is 1.82 bits per heavy atom. The number of phenolic OH excluding ortho intramolecular Hbond substituents is 2. The Kier molecular flexibility index (Phi) is 6.72. The number of hydrogen-bond donors (Lipinski definition) is 3. The molecule has 0 saturated heterocycles. The fraction of sp³-hybridized carbons (Fsp3) is 0.0588. The standard InChI is InChI=1S/C17H17N2O2.Co/c18-11-14(9-12-5-1-3-7-16(12)20)15(19)10-13-6-2-4-8-17(13)21;/h1-10,19-21H,11,18H2;/q-1;.